The quantitative estimate of drug-likeness (QED) is 0.731. The van der Waals surface area contributed by atoms with E-state index in [9.17, 15) is 14.4 Å². The van der Waals surface area contributed by atoms with Crippen LogP contribution in [-0.2, 0) is 26.5 Å². The van der Waals surface area contributed by atoms with Gasteiger partial charge in [0.05, 0.1) is 18.4 Å². The van der Waals surface area contributed by atoms with E-state index in [4.69, 9.17) is 0 Å². The first-order chi connectivity index (χ1) is 15.0. The van der Waals surface area contributed by atoms with Gasteiger partial charge < -0.3 is 4.90 Å². The van der Waals surface area contributed by atoms with Crippen molar-refractivity contribution < 1.29 is 14.4 Å². The van der Waals surface area contributed by atoms with E-state index in [1.807, 2.05) is 60.9 Å². The molecule has 0 aliphatic carbocycles. The molecule has 2 saturated heterocycles. The SMILES string of the molecule is CSCC[C@@H]1N[C@@]2(C(=O)N(C)c3ccccc32)[C@H]2C(=O)N(Cc3ccccc3)C(=O)[C@H]12. The fraction of sp³-hybridized carbons (Fsp3) is 0.375. The predicted octanol–water partition coefficient (Wildman–Crippen LogP) is 2.38. The standard InChI is InChI=1S/C24H25N3O3S/c1-26-18-11-7-6-10-16(18)24(23(26)30)20-19(17(25-24)12-13-31-2)21(28)27(22(20)29)14-15-8-4-3-5-9-15/h3-11,17,19-20,25H,12-14H2,1-2H3/t17-,19+,20+,24+/m0/s1. The number of anilines is 1. The number of imide groups is 1. The van der Waals surface area contributed by atoms with E-state index >= 15 is 0 Å². The second-order valence-corrected chi connectivity index (χ2v) is 9.46. The summed E-state index contributed by atoms with van der Waals surface area (Å²) in [5, 5.41) is 3.51. The van der Waals surface area contributed by atoms with Crippen LogP contribution in [0.25, 0.3) is 0 Å². The third kappa shape index (κ3) is 2.79. The van der Waals surface area contributed by atoms with Crippen molar-refractivity contribution in [3.05, 3.63) is 65.7 Å². The lowest BCUT2D eigenvalue weighted by Gasteiger charge is -2.30. The molecule has 0 radical (unpaired) electrons. The molecule has 1 spiro atoms. The van der Waals surface area contributed by atoms with Gasteiger partial charge in [0.15, 0.2) is 0 Å². The summed E-state index contributed by atoms with van der Waals surface area (Å²) in [5.74, 6) is -0.993. The maximum atomic E-state index is 13.7. The van der Waals surface area contributed by atoms with Gasteiger partial charge in [-0.2, -0.15) is 11.8 Å². The van der Waals surface area contributed by atoms with Crippen molar-refractivity contribution in [1.29, 1.82) is 0 Å². The third-order valence-electron chi connectivity index (χ3n) is 6.90. The number of hydrogen-bond acceptors (Lipinski definition) is 5. The number of hydrogen-bond donors (Lipinski definition) is 1. The van der Waals surface area contributed by atoms with Gasteiger partial charge in [-0.05, 0) is 30.1 Å². The summed E-state index contributed by atoms with van der Waals surface area (Å²) in [6.07, 6.45) is 2.75. The Morgan fingerprint density at radius 1 is 1.00 bits per heavy atom. The molecule has 7 heteroatoms. The summed E-state index contributed by atoms with van der Waals surface area (Å²) in [6, 6.07) is 16.9. The van der Waals surface area contributed by atoms with Gasteiger partial charge >= 0.3 is 0 Å². The second-order valence-electron chi connectivity index (χ2n) is 8.47. The van der Waals surface area contributed by atoms with Crippen molar-refractivity contribution in [3.63, 3.8) is 0 Å². The smallest absolute Gasteiger partial charge is 0.252 e. The van der Waals surface area contributed by atoms with E-state index in [-0.39, 0.29) is 30.3 Å². The van der Waals surface area contributed by atoms with E-state index in [0.717, 1.165) is 29.0 Å². The average Bonchev–Trinajstić information content (AvgIpc) is 3.34. The Morgan fingerprint density at radius 3 is 2.45 bits per heavy atom. The van der Waals surface area contributed by atoms with E-state index < -0.39 is 17.4 Å². The zero-order valence-electron chi connectivity index (χ0n) is 17.6. The fourth-order valence-corrected chi connectivity index (χ4v) is 6.02. The maximum absolute atomic E-state index is 13.7. The van der Waals surface area contributed by atoms with E-state index in [0.29, 0.717) is 0 Å². The van der Waals surface area contributed by atoms with Gasteiger partial charge in [-0.15, -0.1) is 0 Å². The molecular weight excluding hydrogens is 410 g/mol. The lowest BCUT2D eigenvalue weighted by Crippen LogP contribution is -2.54. The summed E-state index contributed by atoms with van der Waals surface area (Å²) in [7, 11) is 1.74. The van der Waals surface area contributed by atoms with Crippen molar-refractivity contribution in [2.75, 3.05) is 24.0 Å². The molecule has 2 fully saturated rings. The molecule has 4 atom stereocenters. The van der Waals surface area contributed by atoms with Crippen molar-refractivity contribution in [3.8, 4) is 0 Å². The maximum Gasteiger partial charge on any atom is 0.252 e. The molecule has 3 aliphatic heterocycles. The van der Waals surface area contributed by atoms with Gasteiger partial charge in [-0.3, -0.25) is 24.6 Å². The van der Waals surface area contributed by atoms with E-state index in [1.165, 1.54) is 4.90 Å². The number of likely N-dealkylation sites (N-methyl/N-ethyl adjacent to an activating group) is 1. The zero-order chi connectivity index (χ0) is 21.8. The summed E-state index contributed by atoms with van der Waals surface area (Å²) >= 11 is 1.70. The molecule has 0 unspecified atom stereocenters. The molecule has 0 saturated carbocycles. The number of likely N-dealkylation sites (tertiary alicyclic amines) is 1. The summed E-state index contributed by atoms with van der Waals surface area (Å²) in [4.78, 5) is 43.9. The highest BCUT2D eigenvalue weighted by Crippen LogP contribution is 2.54. The van der Waals surface area contributed by atoms with E-state index in [1.54, 1.807) is 23.7 Å². The van der Waals surface area contributed by atoms with Gasteiger partial charge in [-0.1, -0.05) is 48.5 Å². The molecule has 5 rings (SSSR count). The zero-order valence-corrected chi connectivity index (χ0v) is 18.4. The van der Waals surface area contributed by atoms with Crippen molar-refractivity contribution in [2.45, 2.75) is 24.5 Å². The van der Waals surface area contributed by atoms with Crippen LogP contribution in [0, 0.1) is 11.8 Å². The fourth-order valence-electron chi connectivity index (χ4n) is 5.53. The number of nitrogens with one attached hydrogen (secondary N) is 1. The number of fused-ring (bicyclic) bond motifs is 4. The molecule has 2 aromatic carbocycles. The summed E-state index contributed by atoms with van der Waals surface area (Å²) in [6.45, 7) is 0.239. The van der Waals surface area contributed by atoms with Crippen LogP contribution in [0.1, 0.15) is 17.5 Å². The van der Waals surface area contributed by atoms with Gasteiger partial charge in [-0.25, -0.2) is 0 Å². The largest absolute Gasteiger partial charge is 0.313 e. The van der Waals surface area contributed by atoms with Crippen molar-refractivity contribution in [1.82, 2.24) is 10.2 Å². The monoisotopic (exact) mass is 435 g/mol. The van der Waals surface area contributed by atoms with Crippen molar-refractivity contribution >= 4 is 35.2 Å². The summed E-state index contributed by atoms with van der Waals surface area (Å²) in [5.41, 5.74) is 1.32. The molecule has 3 amide bonds. The number of amides is 3. The first kappa shape index (κ1) is 20.3. The normalized spacial score (nSPS) is 29.2. The highest BCUT2D eigenvalue weighted by atomic mass is 32.2. The Balaban J connectivity index is 1.60. The molecule has 0 bridgehead atoms. The average molecular weight is 436 g/mol. The number of carbonyl (C=O) groups is 3. The molecule has 3 aliphatic rings. The number of thioether (sulfide) groups is 1. The van der Waals surface area contributed by atoms with Crippen LogP contribution in [0.2, 0.25) is 0 Å². The molecule has 2 aromatic rings. The van der Waals surface area contributed by atoms with Gasteiger partial charge in [0.1, 0.15) is 5.54 Å². The number of nitrogens with zero attached hydrogens (tertiary/aromatic N) is 2. The molecular formula is C24H25N3O3S. The van der Waals surface area contributed by atoms with Gasteiger partial charge in [0, 0.05) is 24.3 Å². The first-order valence-corrected chi connectivity index (χ1v) is 11.9. The van der Waals surface area contributed by atoms with Crippen LogP contribution in [0.5, 0.6) is 0 Å². The number of rotatable bonds is 5. The number of para-hydroxylation sites is 1. The Kier molecular flexibility index (Phi) is 4.90. The lowest BCUT2D eigenvalue weighted by atomic mass is 9.76. The lowest BCUT2D eigenvalue weighted by molar-refractivity contribution is -0.143. The Bertz CT molecular complexity index is 1060. The first-order valence-electron chi connectivity index (χ1n) is 10.5. The molecule has 0 aromatic heterocycles. The minimum absolute atomic E-state index is 0.155. The minimum Gasteiger partial charge on any atom is -0.313 e. The van der Waals surface area contributed by atoms with Crippen molar-refractivity contribution in [2.24, 2.45) is 11.8 Å². The van der Waals surface area contributed by atoms with Crippen LogP contribution in [0.15, 0.2) is 54.6 Å². The predicted molar refractivity (Wildman–Crippen MR) is 120 cm³/mol. The second kappa shape index (κ2) is 7.50. The topological polar surface area (TPSA) is 69.7 Å². The highest BCUT2D eigenvalue weighted by Gasteiger charge is 2.71. The Labute approximate surface area is 186 Å². The molecule has 6 nitrogen and oxygen atoms in total. The van der Waals surface area contributed by atoms with Crippen LogP contribution < -0.4 is 10.2 Å². The van der Waals surface area contributed by atoms with Crippen LogP contribution in [0.3, 0.4) is 0 Å². The minimum atomic E-state index is -1.18. The van der Waals surface area contributed by atoms with Crippen LogP contribution in [0.4, 0.5) is 5.69 Å². The van der Waals surface area contributed by atoms with Gasteiger partial charge in [0.2, 0.25) is 11.8 Å². The Hall–Kier alpha value is -2.64. The number of benzene rings is 2. The Morgan fingerprint density at radius 2 is 1.71 bits per heavy atom. The molecule has 3 heterocycles. The summed E-state index contributed by atoms with van der Waals surface area (Å²) < 4.78 is 0. The molecule has 1 N–H and O–H groups in total. The van der Waals surface area contributed by atoms with Crippen LogP contribution >= 0.6 is 11.8 Å². The van der Waals surface area contributed by atoms with Gasteiger partial charge in [0.25, 0.3) is 5.91 Å². The van der Waals surface area contributed by atoms with Crippen LogP contribution in [-0.4, -0.2) is 47.7 Å². The highest BCUT2D eigenvalue weighted by molar-refractivity contribution is 7.98. The third-order valence-corrected chi connectivity index (χ3v) is 7.55. The van der Waals surface area contributed by atoms with E-state index in [2.05, 4.69) is 5.32 Å². The molecule has 160 valence electrons. The number of carbonyl (C=O) groups excluding carboxylic acids is 3. The molecule has 31 heavy (non-hydrogen) atoms.